The minimum absolute atomic E-state index is 0.0668. The van der Waals surface area contributed by atoms with E-state index in [0.29, 0.717) is 30.8 Å². The maximum absolute atomic E-state index is 5.83. The maximum Gasteiger partial charge on any atom is 0.229 e. The highest BCUT2D eigenvalue weighted by Gasteiger charge is 2.17. The monoisotopic (exact) mass is 283 g/mol. The fourth-order valence-corrected chi connectivity index (χ4v) is 2.39. The minimum atomic E-state index is -0.0668. The third-order valence-electron chi connectivity index (χ3n) is 3.56. The average molecular weight is 283 g/mol. The van der Waals surface area contributed by atoms with E-state index in [1.807, 2.05) is 0 Å². The molecule has 1 aliphatic rings. The van der Waals surface area contributed by atoms with Crippen molar-refractivity contribution in [3.63, 3.8) is 0 Å². The smallest absolute Gasteiger partial charge is 0.229 e. The molecular weight excluding hydrogens is 258 g/mol. The van der Waals surface area contributed by atoms with E-state index < -0.39 is 0 Å². The molecule has 1 saturated heterocycles. The predicted octanol–water partition coefficient (Wildman–Crippen LogP) is 1.87. The van der Waals surface area contributed by atoms with Gasteiger partial charge in [-0.2, -0.15) is 4.98 Å². The van der Waals surface area contributed by atoms with Crippen LogP contribution in [0.4, 0.5) is 0 Å². The second-order valence-electron chi connectivity index (χ2n) is 5.13. The Morgan fingerprint density at radius 1 is 1.40 bits per heavy atom. The van der Waals surface area contributed by atoms with Crippen LogP contribution in [-0.2, 0) is 15.9 Å². The summed E-state index contributed by atoms with van der Waals surface area (Å²) in [7, 11) is 1.68. The summed E-state index contributed by atoms with van der Waals surface area (Å²) in [4.78, 5) is 4.39. The lowest BCUT2D eigenvalue weighted by atomic mass is 10.1. The van der Waals surface area contributed by atoms with Gasteiger partial charge in [0.15, 0.2) is 0 Å². The van der Waals surface area contributed by atoms with Crippen LogP contribution in [0.5, 0.6) is 0 Å². The Balaban J connectivity index is 1.74. The van der Waals surface area contributed by atoms with Crippen LogP contribution in [-0.4, -0.2) is 43.1 Å². The Labute approximate surface area is 120 Å². The van der Waals surface area contributed by atoms with Crippen LogP contribution in [0.25, 0.3) is 0 Å². The summed E-state index contributed by atoms with van der Waals surface area (Å²) in [6.07, 6.45) is 5.06. The van der Waals surface area contributed by atoms with Crippen LogP contribution in [0.15, 0.2) is 4.52 Å². The van der Waals surface area contributed by atoms with Gasteiger partial charge in [0.2, 0.25) is 11.7 Å². The molecule has 0 bridgehead atoms. The van der Waals surface area contributed by atoms with Crippen LogP contribution < -0.4 is 5.32 Å². The lowest BCUT2D eigenvalue weighted by Crippen LogP contribution is -2.32. The average Bonchev–Trinajstić information content (AvgIpc) is 2.94. The van der Waals surface area contributed by atoms with Crippen LogP contribution in [0, 0.1) is 0 Å². The summed E-state index contributed by atoms with van der Waals surface area (Å²) in [5.74, 6) is 1.28. The number of nitrogens with one attached hydrogen (secondary N) is 1. The van der Waals surface area contributed by atoms with Gasteiger partial charge in [-0.1, -0.05) is 18.5 Å². The predicted molar refractivity (Wildman–Crippen MR) is 74.5 cm³/mol. The van der Waals surface area contributed by atoms with Gasteiger partial charge < -0.3 is 19.3 Å². The van der Waals surface area contributed by atoms with Gasteiger partial charge in [-0.3, -0.25) is 0 Å². The zero-order chi connectivity index (χ0) is 14.2. The maximum atomic E-state index is 5.83. The van der Waals surface area contributed by atoms with Gasteiger partial charge in [0, 0.05) is 7.11 Å². The summed E-state index contributed by atoms with van der Waals surface area (Å²) in [5, 5.41) is 7.32. The van der Waals surface area contributed by atoms with E-state index in [1.54, 1.807) is 7.11 Å². The van der Waals surface area contributed by atoms with Gasteiger partial charge in [0.05, 0.1) is 19.1 Å². The first-order valence-corrected chi connectivity index (χ1v) is 7.51. The van der Waals surface area contributed by atoms with Crippen LogP contribution >= 0.6 is 0 Å². The molecule has 0 radical (unpaired) electrons. The Morgan fingerprint density at radius 2 is 2.20 bits per heavy atom. The first kappa shape index (κ1) is 15.4. The second-order valence-corrected chi connectivity index (χ2v) is 5.13. The van der Waals surface area contributed by atoms with Gasteiger partial charge in [-0.15, -0.1) is 0 Å². The normalized spacial score (nSPS) is 18.3. The number of rotatable bonds is 8. The number of ether oxygens (including phenoxy) is 2. The molecule has 1 atom stereocenters. The first-order valence-electron chi connectivity index (χ1n) is 7.51. The summed E-state index contributed by atoms with van der Waals surface area (Å²) in [6, 6.07) is 0. The van der Waals surface area contributed by atoms with E-state index in [2.05, 4.69) is 22.4 Å². The molecule has 1 aliphatic heterocycles. The molecule has 1 N–H and O–H groups in total. The third kappa shape index (κ3) is 4.54. The van der Waals surface area contributed by atoms with E-state index in [9.17, 15) is 0 Å². The van der Waals surface area contributed by atoms with Crippen molar-refractivity contribution in [1.82, 2.24) is 15.5 Å². The zero-order valence-electron chi connectivity index (χ0n) is 12.4. The molecule has 1 unspecified atom stereocenters. The molecular formula is C14H25N3O3. The molecule has 0 aliphatic carbocycles. The summed E-state index contributed by atoms with van der Waals surface area (Å²) in [6.45, 7) is 4.83. The fraction of sp³-hybridized carbons (Fsp3) is 0.857. The van der Waals surface area contributed by atoms with Crippen LogP contribution in [0.3, 0.4) is 0 Å². The van der Waals surface area contributed by atoms with Crippen molar-refractivity contribution in [2.24, 2.45) is 0 Å². The van der Waals surface area contributed by atoms with Crippen molar-refractivity contribution < 1.29 is 14.0 Å². The molecule has 1 aromatic heterocycles. The summed E-state index contributed by atoms with van der Waals surface area (Å²) in [5.41, 5.74) is 0. The Kier molecular flexibility index (Phi) is 6.42. The Bertz CT molecular complexity index is 377. The van der Waals surface area contributed by atoms with Gasteiger partial charge >= 0.3 is 0 Å². The van der Waals surface area contributed by atoms with E-state index in [1.165, 1.54) is 0 Å². The number of piperidine rings is 1. The van der Waals surface area contributed by atoms with E-state index in [0.717, 1.165) is 38.8 Å². The lowest BCUT2D eigenvalue weighted by molar-refractivity contribution is 0.0322. The molecule has 2 rings (SSSR count). The fourth-order valence-electron chi connectivity index (χ4n) is 2.39. The van der Waals surface area contributed by atoms with Crippen molar-refractivity contribution in [3.8, 4) is 0 Å². The largest absolute Gasteiger partial charge is 0.378 e. The SMILES string of the molecule is CCCC(OC)c1noc(CCOC2CCNCC2)n1. The van der Waals surface area contributed by atoms with Crippen molar-refractivity contribution in [2.75, 3.05) is 26.8 Å². The summed E-state index contributed by atoms with van der Waals surface area (Å²) >= 11 is 0. The van der Waals surface area contributed by atoms with Crippen LogP contribution in [0.1, 0.15) is 50.4 Å². The topological polar surface area (TPSA) is 69.4 Å². The number of aromatic nitrogens is 2. The van der Waals surface area contributed by atoms with Crippen molar-refractivity contribution >= 4 is 0 Å². The highest BCUT2D eigenvalue weighted by atomic mass is 16.5. The second kappa shape index (κ2) is 8.34. The van der Waals surface area contributed by atoms with Gasteiger partial charge in [-0.25, -0.2) is 0 Å². The quantitative estimate of drug-likeness (QED) is 0.785. The standard InChI is InChI=1S/C14H25N3O3/c1-3-4-12(18-2)14-16-13(20-17-14)7-10-19-11-5-8-15-9-6-11/h11-12,15H,3-10H2,1-2H3. The Morgan fingerprint density at radius 3 is 2.90 bits per heavy atom. The molecule has 1 aromatic rings. The van der Waals surface area contributed by atoms with Crippen molar-refractivity contribution in [1.29, 1.82) is 0 Å². The molecule has 2 heterocycles. The van der Waals surface area contributed by atoms with Crippen molar-refractivity contribution in [3.05, 3.63) is 11.7 Å². The molecule has 0 spiro atoms. The highest BCUT2D eigenvalue weighted by Crippen LogP contribution is 2.19. The van der Waals surface area contributed by atoms with E-state index >= 15 is 0 Å². The van der Waals surface area contributed by atoms with Crippen molar-refractivity contribution in [2.45, 2.75) is 51.2 Å². The molecule has 6 nitrogen and oxygen atoms in total. The lowest BCUT2D eigenvalue weighted by Gasteiger charge is -2.22. The van der Waals surface area contributed by atoms with Gasteiger partial charge in [0.1, 0.15) is 6.10 Å². The number of nitrogens with zero attached hydrogens (tertiary/aromatic N) is 2. The third-order valence-corrected chi connectivity index (χ3v) is 3.56. The van der Waals surface area contributed by atoms with Crippen LogP contribution in [0.2, 0.25) is 0 Å². The van der Waals surface area contributed by atoms with E-state index in [4.69, 9.17) is 14.0 Å². The number of methoxy groups -OCH3 is 1. The molecule has 114 valence electrons. The van der Waals surface area contributed by atoms with Gasteiger partial charge in [-0.05, 0) is 32.4 Å². The first-order chi connectivity index (χ1) is 9.83. The summed E-state index contributed by atoms with van der Waals surface area (Å²) < 4.78 is 16.4. The minimum Gasteiger partial charge on any atom is -0.378 e. The Hall–Kier alpha value is -0.980. The number of hydrogen-bond donors (Lipinski definition) is 1. The molecule has 1 fully saturated rings. The molecule has 0 amide bonds. The molecule has 6 heteroatoms. The molecule has 20 heavy (non-hydrogen) atoms. The zero-order valence-corrected chi connectivity index (χ0v) is 12.4. The highest BCUT2D eigenvalue weighted by molar-refractivity contribution is 4.91. The molecule has 0 saturated carbocycles. The van der Waals surface area contributed by atoms with E-state index in [-0.39, 0.29) is 6.10 Å². The molecule has 0 aromatic carbocycles. The van der Waals surface area contributed by atoms with Gasteiger partial charge in [0.25, 0.3) is 0 Å². The number of hydrogen-bond acceptors (Lipinski definition) is 6.